The van der Waals surface area contributed by atoms with Crippen LogP contribution in [0, 0.1) is 18.4 Å². The smallest absolute Gasteiger partial charge is 0.0621 e. The highest BCUT2D eigenvalue weighted by Crippen LogP contribution is 2.27. The molecule has 0 spiro atoms. The minimum Gasteiger partial charge on any atom is -0.396 e. The molecule has 0 aliphatic carbocycles. The van der Waals surface area contributed by atoms with E-state index in [4.69, 9.17) is 5.11 Å². The molecule has 1 N–H and O–H groups in total. The lowest BCUT2D eigenvalue weighted by molar-refractivity contribution is 0.136. The molecule has 0 aromatic heterocycles. The molecule has 0 amide bonds. The summed E-state index contributed by atoms with van der Waals surface area (Å²) in [6.45, 7) is 7.89. The molecule has 1 aromatic carbocycles. The van der Waals surface area contributed by atoms with E-state index in [-0.39, 0.29) is 0 Å². The van der Waals surface area contributed by atoms with Crippen molar-refractivity contribution in [3.8, 4) is 0 Å². The average Bonchev–Trinajstić information content (AvgIpc) is 2.40. The molecule has 2 unspecified atom stereocenters. The van der Waals surface area contributed by atoms with E-state index in [2.05, 4.69) is 42.6 Å². The van der Waals surface area contributed by atoms with E-state index in [1.807, 2.05) is 6.07 Å². The number of hydrogen-bond donors (Lipinski definition) is 1. The van der Waals surface area contributed by atoms with Crippen molar-refractivity contribution in [1.82, 2.24) is 4.90 Å². The van der Waals surface area contributed by atoms with Gasteiger partial charge in [-0.25, -0.2) is 0 Å². The van der Waals surface area contributed by atoms with E-state index in [0.29, 0.717) is 18.4 Å². The van der Waals surface area contributed by atoms with Crippen molar-refractivity contribution in [1.29, 1.82) is 0 Å². The Kier molecular flexibility index (Phi) is 4.57. The Morgan fingerprint density at radius 3 is 2.76 bits per heavy atom. The van der Waals surface area contributed by atoms with Crippen molar-refractivity contribution >= 4 is 0 Å². The summed E-state index contributed by atoms with van der Waals surface area (Å²) in [6, 6.07) is 10.5. The van der Waals surface area contributed by atoms with Crippen molar-refractivity contribution in [2.75, 3.05) is 13.2 Å². The van der Waals surface area contributed by atoms with Crippen LogP contribution >= 0.6 is 0 Å². The summed E-state index contributed by atoms with van der Waals surface area (Å²) < 4.78 is 0. The van der Waals surface area contributed by atoms with Crippen LogP contribution in [0.5, 0.6) is 0 Å². The number of piperidine rings is 1. The van der Waals surface area contributed by atoms with Crippen LogP contribution in [0.1, 0.15) is 25.3 Å². The molecule has 1 saturated heterocycles. The fourth-order valence-corrected chi connectivity index (χ4v) is 2.32. The maximum atomic E-state index is 9.15. The van der Waals surface area contributed by atoms with E-state index in [9.17, 15) is 0 Å². The van der Waals surface area contributed by atoms with E-state index in [0.717, 1.165) is 19.5 Å². The normalized spacial score (nSPS) is 20.4. The number of nitrogens with zero attached hydrogens (tertiary/aromatic N) is 1. The van der Waals surface area contributed by atoms with Gasteiger partial charge in [-0.1, -0.05) is 37.3 Å². The van der Waals surface area contributed by atoms with E-state index >= 15 is 0 Å². The highest BCUT2D eigenvalue weighted by Gasteiger charge is 2.23. The first-order chi connectivity index (χ1) is 8.29. The molecular weight excluding hydrogens is 210 g/mol. The first-order valence-corrected chi connectivity index (χ1v) is 6.43. The fourth-order valence-electron chi connectivity index (χ4n) is 2.32. The standard InChI is InChI=1S/C15H21NO/c1-13(12-17)15-7-9-16(10-8-15)11-14-5-3-2-4-6-14/h2-6,13,15,17H,7-9,11-12H2,1H3. The van der Waals surface area contributed by atoms with Crippen molar-refractivity contribution < 1.29 is 5.11 Å². The molecule has 2 nitrogen and oxygen atoms in total. The Balaban J connectivity index is 1.80. The highest BCUT2D eigenvalue weighted by molar-refractivity contribution is 5.14. The van der Waals surface area contributed by atoms with Crippen LogP contribution in [0.2, 0.25) is 0 Å². The Labute approximate surface area is 104 Å². The van der Waals surface area contributed by atoms with E-state index < -0.39 is 0 Å². The van der Waals surface area contributed by atoms with Gasteiger partial charge in [0.05, 0.1) is 6.54 Å². The summed E-state index contributed by atoms with van der Waals surface area (Å²) in [7, 11) is 0. The molecule has 2 atom stereocenters. The molecule has 17 heavy (non-hydrogen) atoms. The number of hydrogen-bond acceptors (Lipinski definition) is 2. The summed E-state index contributed by atoms with van der Waals surface area (Å²) in [6.07, 6.45) is 2.15. The minimum atomic E-state index is 0.297. The van der Waals surface area contributed by atoms with E-state index in [1.165, 1.54) is 12.0 Å². The molecule has 2 heteroatoms. The van der Waals surface area contributed by atoms with E-state index in [1.54, 1.807) is 0 Å². The van der Waals surface area contributed by atoms with Crippen molar-refractivity contribution in [2.24, 2.45) is 11.8 Å². The van der Waals surface area contributed by atoms with Crippen LogP contribution in [0.3, 0.4) is 0 Å². The fraction of sp³-hybridized carbons (Fsp3) is 0.533. The number of rotatable bonds is 4. The quantitative estimate of drug-likeness (QED) is 0.861. The maximum absolute atomic E-state index is 9.15. The Hall–Kier alpha value is -0.860. The molecule has 0 saturated carbocycles. The number of aliphatic hydroxyl groups is 1. The molecule has 1 aromatic rings. The third-order valence-electron chi connectivity index (χ3n) is 3.66. The summed E-state index contributed by atoms with van der Waals surface area (Å²) in [5, 5.41) is 9.15. The molecule has 1 aliphatic rings. The molecule has 92 valence electrons. The molecule has 2 radical (unpaired) electrons. The predicted octanol–water partition coefficient (Wildman–Crippen LogP) is 2.57. The third-order valence-corrected chi connectivity index (χ3v) is 3.66. The summed E-state index contributed by atoms with van der Waals surface area (Å²) in [5.41, 5.74) is 1.34. The van der Waals surface area contributed by atoms with Crippen molar-refractivity contribution in [2.45, 2.75) is 26.3 Å². The lowest BCUT2D eigenvalue weighted by atomic mass is 9.86. The van der Waals surface area contributed by atoms with Gasteiger partial charge in [-0.15, -0.1) is 0 Å². The lowest BCUT2D eigenvalue weighted by Crippen LogP contribution is -2.32. The number of benzene rings is 1. The first-order valence-electron chi connectivity index (χ1n) is 6.43. The van der Waals surface area contributed by atoms with Gasteiger partial charge in [-0.2, -0.15) is 0 Å². The van der Waals surface area contributed by atoms with Crippen LogP contribution in [-0.2, 0) is 6.54 Å². The zero-order valence-corrected chi connectivity index (χ0v) is 10.5. The Bertz CT molecular complexity index is 317. The molecule has 0 bridgehead atoms. The molecule has 2 rings (SSSR count). The van der Waals surface area contributed by atoms with Gasteiger partial charge in [0, 0.05) is 13.2 Å². The molecular formula is C15H21NO. The van der Waals surface area contributed by atoms with Crippen LogP contribution in [0.25, 0.3) is 0 Å². The zero-order valence-electron chi connectivity index (χ0n) is 10.5. The van der Waals surface area contributed by atoms with Gasteiger partial charge in [0.15, 0.2) is 0 Å². The van der Waals surface area contributed by atoms with Gasteiger partial charge in [0.1, 0.15) is 0 Å². The third kappa shape index (κ3) is 3.55. The van der Waals surface area contributed by atoms with Gasteiger partial charge in [0.25, 0.3) is 0 Å². The van der Waals surface area contributed by atoms with Crippen LogP contribution in [0.4, 0.5) is 0 Å². The monoisotopic (exact) mass is 231 g/mol. The van der Waals surface area contributed by atoms with Gasteiger partial charge < -0.3 is 5.11 Å². The van der Waals surface area contributed by atoms with Crippen LogP contribution in [0.15, 0.2) is 30.3 Å². The van der Waals surface area contributed by atoms with Crippen LogP contribution in [-0.4, -0.2) is 23.2 Å². The number of likely N-dealkylation sites (tertiary alicyclic amines) is 1. The molecule has 1 aliphatic heterocycles. The summed E-state index contributed by atoms with van der Waals surface area (Å²) in [4.78, 5) is 2.27. The van der Waals surface area contributed by atoms with Gasteiger partial charge >= 0.3 is 0 Å². The second-order valence-electron chi connectivity index (χ2n) is 4.98. The minimum absolute atomic E-state index is 0.297. The zero-order chi connectivity index (χ0) is 12.1. The van der Waals surface area contributed by atoms with Gasteiger partial charge in [-0.05, 0) is 36.8 Å². The first kappa shape index (κ1) is 12.6. The summed E-state index contributed by atoms with van der Waals surface area (Å²) >= 11 is 0. The van der Waals surface area contributed by atoms with Gasteiger partial charge in [-0.3, -0.25) is 4.90 Å². The van der Waals surface area contributed by atoms with Crippen molar-refractivity contribution in [3.05, 3.63) is 42.4 Å². The highest BCUT2D eigenvalue weighted by atomic mass is 16.3. The molecule has 1 fully saturated rings. The van der Waals surface area contributed by atoms with Crippen molar-refractivity contribution in [3.63, 3.8) is 0 Å². The maximum Gasteiger partial charge on any atom is 0.0621 e. The second kappa shape index (κ2) is 6.18. The van der Waals surface area contributed by atoms with Crippen LogP contribution < -0.4 is 0 Å². The predicted molar refractivity (Wildman–Crippen MR) is 69.1 cm³/mol. The number of aliphatic hydroxyl groups excluding tert-OH is 1. The SMILES string of the molecule is CC(CO)C1C[C]N(Cc2ccccc2)CC1. The topological polar surface area (TPSA) is 23.5 Å². The summed E-state index contributed by atoms with van der Waals surface area (Å²) in [5.74, 6) is 1.01. The van der Waals surface area contributed by atoms with Gasteiger partial charge in [0.2, 0.25) is 0 Å². The lowest BCUT2D eigenvalue weighted by Gasteiger charge is -2.33. The largest absolute Gasteiger partial charge is 0.396 e. The average molecular weight is 231 g/mol. The Morgan fingerprint density at radius 1 is 1.41 bits per heavy atom. The Morgan fingerprint density at radius 2 is 2.18 bits per heavy atom. The molecule has 1 heterocycles. The second-order valence-corrected chi connectivity index (χ2v) is 4.98.